The first-order chi connectivity index (χ1) is 15.1. The zero-order valence-electron chi connectivity index (χ0n) is 17.7. The third kappa shape index (κ3) is 4.88. The first-order valence-electron chi connectivity index (χ1n) is 10.5. The van der Waals surface area contributed by atoms with Crippen molar-refractivity contribution in [1.82, 2.24) is 15.3 Å². The fourth-order valence-corrected chi connectivity index (χ4v) is 4.65. The van der Waals surface area contributed by atoms with E-state index in [1.54, 1.807) is 13.3 Å². The summed E-state index contributed by atoms with van der Waals surface area (Å²) in [5.74, 6) is 0.287. The van der Waals surface area contributed by atoms with Crippen LogP contribution in [0.2, 0.25) is 0 Å². The molecule has 0 spiro atoms. The summed E-state index contributed by atoms with van der Waals surface area (Å²) in [5, 5.41) is 2.66. The van der Waals surface area contributed by atoms with Crippen molar-refractivity contribution in [1.29, 1.82) is 0 Å². The molecule has 4 rings (SSSR count). The van der Waals surface area contributed by atoms with Crippen molar-refractivity contribution in [2.75, 3.05) is 7.11 Å². The van der Waals surface area contributed by atoms with Crippen LogP contribution in [0.1, 0.15) is 37.4 Å². The van der Waals surface area contributed by atoms with Gasteiger partial charge in [-0.05, 0) is 53.8 Å². The van der Waals surface area contributed by atoms with E-state index in [9.17, 15) is 9.59 Å². The zero-order chi connectivity index (χ0) is 21.8. The lowest BCUT2D eigenvalue weighted by molar-refractivity contribution is -0.118. The van der Waals surface area contributed by atoms with E-state index in [0.717, 1.165) is 52.3 Å². The minimum atomic E-state index is -0.453. The SMILES string of the molecule is CCCCCc1ccc2nc(CC3SC(=O)NC3=O)cc(-c3ccnc(OC)c3)c2c1. The summed E-state index contributed by atoms with van der Waals surface area (Å²) in [4.78, 5) is 32.7. The molecule has 0 bridgehead atoms. The van der Waals surface area contributed by atoms with E-state index >= 15 is 0 Å². The fraction of sp³-hybridized carbons (Fsp3) is 0.333. The number of benzene rings is 1. The van der Waals surface area contributed by atoms with Crippen molar-refractivity contribution in [3.8, 4) is 17.0 Å². The largest absolute Gasteiger partial charge is 0.481 e. The molecule has 0 saturated carbocycles. The first-order valence-corrected chi connectivity index (χ1v) is 11.4. The number of thioether (sulfide) groups is 1. The van der Waals surface area contributed by atoms with E-state index in [-0.39, 0.29) is 11.1 Å². The number of unbranched alkanes of at least 4 members (excludes halogenated alkanes) is 2. The van der Waals surface area contributed by atoms with Crippen molar-refractivity contribution in [3.05, 3.63) is 53.9 Å². The molecule has 3 heterocycles. The van der Waals surface area contributed by atoms with Crippen LogP contribution in [0.5, 0.6) is 5.88 Å². The molecule has 3 aromatic rings. The second-order valence-corrected chi connectivity index (χ2v) is 8.82. The summed E-state index contributed by atoms with van der Waals surface area (Å²) in [6, 6.07) is 12.3. The van der Waals surface area contributed by atoms with E-state index in [4.69, 9.17) is 9.72 Å². The summed E-state index contributed by atoms with van der Waals surface area (Å²) in [6.07, 6.45) is 6.72. The summed E-state index contributed by atoms with van der Waals surface area (Å²) in [7, 11) is 1.60. The monoisotopic (exact) mass is 435 g/mol. The molecule has 160 valence electrons. The van der Waals surface area contributed by atoms with Crippen molar-refractivity contribution < 1.29 is 14.3 Å². The number of imide groups is 1. The standard InChI is InChI=1S/C24H25N3O3S/c1-3-4-5-6-15-7-8-20-19(11-15)18(16-9-10-25-22(12-16)30-2)13-17(26-20)14-21-23(28)27-24(29)31-21/h7-13,21H,3-6,14H2,1-2H3,(H,27,28,29). The lowest BCUT2D eigenvalue weighted by atomic mass is 9.97. The molecule has 1 N–H and O–H groups in total. The highest BCUT2D eigenvalue weighted by molar-refractivity contribution is 8.15. The number of carbonyl (C=O) groups excluding carboxylic acids is 2. The van der Waals surface area contributed by atoms with E-state index in [0.29, 0.717) is 12.3 Å². The number of ether oxygens (including phenoxy) is 1. The molecular formula is C24H25N3O3S. The van der Waals surface area contributed by atoms with Gasteiger partial charge < -0.3 is 4.74 Å². The number of hydrogen-bond acceptors (Lipinski definition) is 6. The van der Waals surface area contributed by atoms with Gasteiger partial charge in [0.15, 0.2) is 0 Å². The molecule has 6 nitrogen and oxygen atoms in total. The Hall–Kier alpha value is -2.93. The molecule has 1 saturated heterocycles. The minimum absolute atomic E-state index is 0.254. The number of amides is 2. The predicted octanol–water partition coefficient (Wildman–Crippen LogP) is 4.93. The van der Waals surface area contributed by atoms with Gasteiger partial charge in [-0.2, -0.15) is 0 Å². The van der Waals surface area contributed by atoms with Gasteiger partial charge in [-0.1, -0.05) is 37.6 Å². The Kier molecular flexibility index (Phi) is 6.51. The number of nitrogens with one attached hydrogen (secondary N) is 1. The molecule has 1 aliphatic heterocycles. The highest BCUT2D eigenvalue weighted by Crippen LogP contribution is 2.32. The highest BCUT2D eigenvalue weighted by atomic mass is 32.2. The van der Waals surface area contributed by atoms with Crippen molar-refractivity contribution in [2.45, 2.75) is 44.3 Å². The van der Waals surface area contributed by atoms with Gasteiger partial charge in [0, 0.05) is 29.8 Å². The zero-order valence-corrected chi connectivity index (χ0v) is 18.5. The lowest BCUT2D eigenvalue weighted by Crippen LogP contribution is -2.25. The van der Waals surface area contributed by atoms with Crippen LogP contribution in [-0.4, -0.2) is 33.5 Å². The molecular weight excluding hydrogens is 410 g/mol. The van der Waals surface area contributed by atoms with Gasteiger partial charge in [0.25, 0.3) is 5.24 Å². The lowest BCUT2D eigenvalue weighted by Gasteiger charge is -2.13. The molecule has 1 atom stereocenters. The van der Waals surface area contributed by atoms with Gasteiger partial charge >= 0.3 is 0 Å². The molecule has 31 heavy (non-hydrogen) atoms. The first kappa shape index (κ1) is 21.3. The van der Waals surface area contributed by atoms with Gasteiger partial charge in [0.1, 0.15) is 0 Å². The Bertz CT molecular complexity index is 1130. The average Bonchev–Trinajstić information content (AvgIpc) is 3.10. The van der Waals surface area contributed by atoms with Crippen LogP contribution in [0.3, 0.4) is 0 Å². The Balaban J connectivity index is 1.77. The van der Waals surface area contributed by atoms with Gasteiger partial charge in [0.05, 0.1) is 17.9 Å². The van der Waals surface area contributed by atoms with Gasteiger partial charge in [0.2, 0.25) is 11.8 Å². The predicted molar refractivity (Wildman–Crippen MR) is 123 cm³/mol. The van der Waals surface area contributed by atoms with Crippen molar-refractivity contribution in [3.63, 3.8) is 0 Å². The van der Waals surface area contributed by atoms with E-state index < -0.39 is 5.25 Å². The number of rotatable bonds is 8. The maximum Gasteiger partial charge on any atom is 0.286 e. The maximum atomic E-state index is 12.1. The second kappa shape index (κ2) is 9.47. The number of aromatic nitrogens is 2. The van der Waals surface area contributed by atoms with E-state index in [2.05, 4.69) is 35.4 Å². The topological polar surface area (TPSA) is 81.2 Å². The summed E-state index contributed by atoms with van der Waals surface area (Å²) >= 11 is 1.03. The minimum Gasteiger partial charge on any atom is -0.481 e. The highest BCUT2D eigenvalue weighted by Gasteiger charge is 2.32. The Labute approximate surface area is 185 Å². The molecule has 1 aliphatic rings. The van der Waals surface area contributed by atoms with Gasteiger partial charge in [-0.25, -0.2) is 4.98 Å². The number of fused-ring (bicyclic) bond motifs is 1. The van der Waals surface area contributed by atoms with Gasteiger partial charge in [-0.3, -0.25) is 19.9 Å². The quantitative estimate of drug-likeness (QED) is 0.505. The maximum absolute atomic E-state index is 12.1. The van der Waals surface area contributed by atoms with Crippen LogP contribution < -0.4 is 10.1 Å². The smallest absolute Gasteiger partial charge is 0.286 e. The normalized spacial score (nSPS) is 16.0. The number of carbonyl (C=O) groups is 2. The Morgan fingerprint density at radius 1 is 1.13 bits per heavy atom. The Morgan fingerprint density at radius 3 is 2.74 bits per heavy atom. The molecule has 7 heteroatoms. The summed E-state index contributed by atoms with van der Waals surface area (Å²) in [5.41, 5.74) is 4.93. The number of pyridine rings is 2. The third-order valence-corrected chi connectivity index (χ3v) is 6.39. The van der Waals surface area contributed by atoms with Gasteiger partial charge in [-0.15, -0.1) is 0 Å². The number of methoxy groups -OCH3 is 1. The number of aryl methyl sites for hydroxylation is 1. The molecule has 1 unspecified atom stereocenters. The van der Waals surface area contributed by atoms with Crippen LogP contribution in [-0.2, 0) is 17.6 Å². The van der Waals surface area contributed by atoms with Crippen LogP contribution in [0, 0.1) is 0 Å². The average molecular weight is 436 g/mol. The van der Waals surface area contributed by atoms with Crippen molar-refractivity contribution in [2.24, 2.45) is 0 Å². The molecule has 1 aromatic carbocycles. The van der Waals surface area contributed by atoms with E-state index in [1.807, 2.05) is 18.2 Å². The summed E-state index contributed by atoms with van der Waals surface area (Å²) in [6.45, 7) is 2.21. The fourth-order valence-electron chi connectivity index (χ4n) is 3.81. The molecule has 1 fully saturated rings. The second-order valence-electron chi connectivity index (χ2n) is 7.64. The molecule has 0 aliphatic carbocycles. The van der Waals surface area contributed by atoms with Crippen molar-refractivity contribution >= 4 is 33.8 Å². The van der Waals surface area contributed by atoms with E-state index in [1.165, 1.54) is 18.4 Å². The Morgan fingerprint density at radius 2 is 2.00 bits per heavy atom. The van der Waals surface area contributed by atoms with Crippen LogP contribution >= 0.6 is 11.8 Å². The molecule has 0 radical (unpaired) electrons. The molecule has 2 amide bonds. The van der Waals surface area contributed by atoms with Crippen LogP contribution in [0.25, 0.3) is 22.0 Å². The number of nitrogens with zero attached hydrogens (tertiary/aromatic N) is 2. The number of hydrogen-bond donors (Lipinski definition) is 1. The summed E-state index contributed by atoms with van der Waals surface area (Å²) < 4.78 is 5.32. The van der Waals surface area contributed by atoms with Crippen LogP contribution in [0.15, 0.2) is 42.6 Å². The third-order valence-electron chi connectivity index (χ3n) is 5.41. The molecule has 2 aromatic heterocycles. The van der Waals surface area contributed by atoms with Crippen LogP contribution in [0.4, 0.5) is 4.79 Å².